The van der Waals surface area contributed by atoms with Gasteiger partial charge in [-0.3, -0.25) is 14.6 Å². The molecular formula is C14H22N4O2. The minimum Gasteiger partial charge on any atom is -0.384 e. The van der Waals surface area contributed by atoms with Crippen molar-refractivity contribution in [1.82, 2.24) is 15.2 Å². The van der Waals surface area contributed by atoms with Gasteiger partial charge in [0.1, 0.15) is 5.69 Å². The molecule has 1 rings (SSSR count). The second-order valence-corrected chi connectivity index (χ2v) is 4.25. The number of hydrogen-bond acceptors (Lipinski definition) is 4. The van der Waals surface area contributed by atoms with E-state index in [9.17, 15) is 9.59 Å². The predicted octanol–water partition coefficient (Wildman–Crippen LogP) is 1.11. The summed E-state index contributed by atoms with van der Waals surface area (Å²) in [4.78, 5) is 29.1. The molecule has 0 aliphatic carbocycles. The van der Waals surface area contributed by atoms with Gasteiger partial charge < -0.3 is 15.5 Å². The SMILES string of the molecule is CCN(CC)C(=O)CCNc1ccnc(C(=O)NC)c1. The van der Waals surface area contributed by atoms with E-state index < -0.39 is 0 Å². The van der Waals surface area contributed by atoms with Gasteiger partial charge in [-0.05, 0) is 26.0 Å². The summed E-state index contributed by atoms with van der Waals surface area (Å²) in [5.41, 5.74) is 1.14. The first kappa shape index (κ1) is 15.9. The zero-order valence-electron chi connectivity index (χ0n) is 12.3. The maximum absolute atomic E-state index is 11.8. The molecule has 1 aromatic heterocycles. The van der Waals surface area contributed by atoms with E-state index in [0.29, 0.717) is 18.7 Å². The summed E-state index contributed by atoms with van der Waals surface area (Å²) in [5.74, 6) is -0.101. The lowest BCUT2D eigenvalue weighted by molar-refractivity contribution is -0.130. The van der Waals surface area contributed by atoms with E-state index in [1.807, 2.05) is 13.8 Å². The lowest BCUT2D eigenvalue weighted by Gasteiger charge is -2.18. The van der Waals surface area contributed by atoms with E-state index in [-0.39, 0.29) is 11.8 Å². The van der Waals surface area contributed by atoms with Crippen LogP contribution in [0, 0.1) is 0 Å². The highest BCUT2D eigenvalue weighted by Gasteiger charge is 2.09. The molecule has 6 heteroatoms. The molecule has 0 radical (unpaired) electrons. The summed E-state index contributed by atoms with van der Waals surface area (Å²) in [7, 11) is 1.56. The molecule has 110 valence electrons. The largest absolute Gasteiger partial charge is 0.384 e. The molecule has 1 aromatic rings. The molecule has 0 unspecified atom stereocenters. The van der Waals surface area contributed by atoms with Crippen molar-refractivity contribution in [3.63, 3.8) is 0 Å². The van der Waals surface area contributed by atoms with Crippen LogP contribution in [0.2, 0.25) is 0 Å². The second kappa shape index (κ2) is 8.14. The number of amides is 2. The molecular weight excluding hydrogens is 256 g/mol. The lowest BCUT2D eigenvalue weighted by atomic mass is 10.3. The van der Waals surface area contributed by atoms with Crippen LogP contribution in [-0.2, 0) is 4.79 Å². The fourth-order valence-electron chi connectivity index (χ4n) is 1.84. The van der Waals surface area contributed by atoms with Crippen molar-refractivity contribution in [2.24, 2.45) is 0 Å². The smallest absolute Gasteiger partial charge is 0.269 e. The fourth-order valence-corrected chi connectivity index (χ4v) is 1.84. The third kappa shape index (κ3) is 4.53. The first-order chi connectivity index (χ1) is 9.62. The Morgan fingerprint density at radius 1 is 1.30 bits per heavy atom. The first-order valence-electron chi connectivity index (χ1n) is 6.82. The molecule has 2 N–H and O–H groups in total. The van der Waals surface area contributed by atoms with Crippen LogP contribution in [0.3, 0.4) is 0 Å². The van der Waals surface area contributed by atoms with Crippen LogP contribution in [0.4, 0.5) is 5.69 Å². The molecule has 0 saturated carbocycles. The third-order valence-electron chi connectivity index (χ3n) is 3.00. The molecule has 2 amide bonds. The Hall–Kier alpha value is -2.11. The van der Waals surface area contributed by atoms with Gasteiger partial charge in [0.25, 0.3) is 5.91 Å². The van der Waals surface area contributed by atoms with Gasteiger partial charge in [0, 0.05) is 45.0 Å². The van der Waals surface area contributed by atoms with Gasteiger partial charge in [-0.25, -0.2) is 0 Å². The van der Waals surface area contributed by atoms with Crippen LogP contribution in [0.15, 0.2) is 18.3 Å². The van der Waals surface area contributed by atoms with Crippen LogP contribution in [0.1, 0.15) is 30.8 Å². The van der Waals surface area contributed by atoms with Gasteiger partial charge in [-0.1, -0.05) is 0 Å². The van der Waals surface area contributed by atoms with Crippen molar-refractivity contribution in [2.45, 2.75) is 20.3 Å². The Kier molecular flexibility index (Phi) is 6.49. The van der Waals surface area contributed by atoms with E-state index in [1.165, 1.54) is 0 Å². The molecule has 20 heavy (non-hydrogen) atoms. The highest BCUT2D eigenvalue weighted by molar-refractivity contribution is 5.92. The van der Waals surface area contributed by atoms with Gasteiger partial charge >= 0.3 is 0 Å². The number of carbonyl (C=O) groups excluding carboxylic acids is 2. The molecule has 0 aliphatic rings. The number of hydrogen-bond donors (Lipinski definition) is 2. The van der Waals surface area contributed by atoms with Crippen LogP contribution in [0.5, 0.6) is 0 Å². The van der Waals surface area contributed by atoms with Crippen molar-refractivity contribution in [1.29, 1.82) is 0 Å². The van der Waals surface area contributed by atoms with Crippen LogP contribution in [0.25, 0.3) is 0 Å². The normalized spacial score (nSPS) is 9.95. The molecule has 0 spiro atoms. The number of rotatable bonds is 7. The van der Waals surface area contributed by atoms with Crippen LogP contribution >= 0.6 is 0 Å². The highest BCUT2D eigenvalue weighted by atomic mass is 16.2. The summed E-state index contributed by atoms with van der Waals surface area (Å²) in [6, 6.07) is 3.44. The Morgan fingerprint density at radius 2 is 2.00 bits per heavy atom. The van der Waals surface area contributed by atoms with Crippen molar-refractivity contribution in [3.8, 4) is 0 Å². The van der Waals surface area contributed by atoms with Crippen LogP contribution < -0.4 is 10.6 Å². The Balaban J connectivity index is 2.50. The van der Waals surface area contributed by atoms with Crippen molar-refractivity contribution in [2.75, 3.05) is 32.0 Å². The summed E-state index contributed by atoms with van der Waals surface area (Å²) < 4.78 is 0. The zero-order chi connectivity index (χ0) is 15.0. The summed E-state index contributed by atoms with van der Waals surface area (Å²) in [6.07, 6.45) is 2.00. The molecule has 6 nitrogen and oxygen atoms in total. The minimum atomic E-state index is -0.229. The standard InChI is InChI=1S/C14H22N4O2/c1-4-18(5-2)13(19)7-9-16-11-6-8-17-12(10-11)14(20)15-3/h6,8,10H,4-5,7,9H2,1-3H3,(H,15,20)(H,16,17). The van der Waals surface area contributed by atoms with Gasteiger partial charge in [0.15, 0.2) is 0 Å². The van der Waals surface area contributed by atoms with E-state index in [1.54, 1.807) is 30.3 Å². The Morgan fingerprint density at radius 3 is 2.60 bits per heavy atom. The van der Waals surface area contributed by atoms with E-state index in [4.69, 9.17) is 0 Å². The number of anilines is 1. The van der Waals surface area contributed by atoms with Crippen molar-refractivity contribution in [3.05, 3.63) is 24.0 Å². The quantitative estimate of drug-likeness (QED) is 0.783. The van der Waals surface area contributed by atoms with Gasteiger partial charge in [-0.15, -0.1) is 0 Å². The molecule has 0 atom stereocenters. The molecule has 1 heterocycles. The second-order valence-electron chi connectivity index (χ2n) is 4.25. The average molecular weight is 278 g/mol. The van der Waals surface area contributed by atoms with E-state index in [0.717, 1.165) is 18.8 Å². The Labute approximate surface area is 119 Å². The molecule has 0 fully saturated rings. The van der Waals surface area contributed by atoms with Gasteiger partial charge in [-0.2, -0.15) is 0 Å². The van der Waals surface area contributed by atoms with Crippen molar-refractivity contribution >= 4 is 17.5 Å². The van der Waals surface area contributed by atoms with E-state index in [2.05, 4.69) is 15.6 Å². The maximum Gasteiger partial charge on any atom is 0.269 e. The first-order valence-corrected chi connectivity index (χ1v) is 6.82. The summed E-state index contributed by atoms with van der Waals surface area (Å²) in [5, 5.41) is 5.65. The number of nitrogens with one attached hydrogen (secondary N) is 2. The topological polar surface area (TPSA) is 74.3 Å². The predicted molar refractivity (Wildman–Crippen MR) is 78.7 cm³/mol. The van der Waals surface area contributed by atoms with Gasteiger partial charge in [0.05, 0.1) is 0 Å². The summed E-state index contributed by atoms with van der Waals surface area (Å²) >= 11 is 0. The third-order valence-corrected chi connectivity index (χ3v) is 3.00. The summed E-state index contributed by atoms with van der Waals surface area (Å²) in [6.45, 7) is 5.92. The minimum absolute atomic E-state index is 0.128. The number of carbonyl (C=O) groups is 2. The number of aromatic nitrogens is 1. The molecule has 0 saturated heterocycles. The molecule has 0 aromatic carbocycles. The average Bonchev–Trinajstić information content (AvgIpc) is 2.48. The van der Waals surface area contributed by atoms with Gasteiger partial charge in [0.2, 0.25) is 5.91 Å². The van der Waals surface area contributed by atoms with Crippen LogP contribution in [-0.4, -0.2) is 48.4 Å². The monoisotopic (exact) mass is 278 g/mol. The highest BCUT2D eigenvalue weighted by Crippen LogP contribution is 2.08. The molecule has 0 aliphatic heterocycles. The maximum atomic E-state index is 11.8. The van der Waals surface area contributed by atoms with Crippen molar-refractivity contribution < 1.29 is 9.59 Å². The zero-order valence-corrected chi connectivity index (χ0v) is 12.3. The molecule has 0 bridgehead atoms. The Bertz CT molecular complexity index is 458. The fraction of sp³-hybridized carbons (Fsp3) is 0.500. The number of nitrogens with zero attached hydrogens (tertiary/aromatic N) is 2. The number of pyridine rings is 1. The van der Waals surface area contributed by atoms with E-state index >= 15 is 0 Å². The lowest BCUT2D eigenvalue weighted by Crippen LogP contribution is -2.31.